The monoisotopic (exact) mass is 364 g/mol. The topological polar surface area (TPSA) is 41.6 Å². The van der Waals surface area contributed by atoms with E-state index in [4.69, 9.17) is 23.2 Å². The number of nitrogens with one attached hydrogen (secondary N) is 1. The number of hydroxylamine groups is 1. The number of benzene rings is 2. The van der Waals surface area contributed by atoms with Crippen molar-refractivity contribution in [1.82, 2.24) is 0 Å². The molecule has 2 amide bonds. The average Bonchev–Trinajstić information content (AvgIpc) is 2.47. The van der Waals surface area contributed by atoms with Gasteiger partial charge in [-0.05, 0) is 48.5 Å². The summed E-state index contributed by atoms with van der Waals surface area (Å²) in [5, 5.41) is 3.09. The number of carbonyl (C=O) groups is 1. The molecule has 122 valence electrons. The number of anilines is 2. The Balaban J connectivity index is 2.23. The molecule has 0 spiro atoms. The first-order chi connectivity index (χ1) is 10.7. The summed E-state index contributed by atoms with van der Waals surface area (Å²) in [7, 11) is 0. The van der Waals surface area contributed by atoms with Gasteiger partial charge in [0.2, 0.25) is 0 Å². The first-order valence-corrected chi connectivity index (χ1v) is 6.88. The molecule has 0 fully saturated rings. The van der Waals surface area contributed by atoms with Gasteiger partial charge >= 0.3 is 12.4 Å². The Bertz CT molecular complexity index is 676. The molecule has 0 aliphatic rings. The first kappa shape index (κ1) is 17.4. The SMILES string of the molecule is O=C(Nc1ccc(Cl)cc1)N(OC(F)(F)F)c1ccc(Cl)cc1. The zero-order valence-corrected chi connectivity index (χ0v) is 12.8. The summed E-state index contributed by atoms with van der Waals surface area (Å²) >= 11 is 11.4. The van der Waals surface area contributed by atoms with Crippen molar-refractivity contribution in [3.8, 4) is 0 Å². The lowest BCUT2D eigenvalue weighted by Crippen LogP contribution is -2.39. The van der Waals surface area contributed by atoms with Crippen LogP contribution in [0, 0.1) is 0 Å². The fourth-order valence-electron chi connectivity index (χ4n) is 1.60. The Hall–Kier alpha value is -1.96. The zero-order valence-electron chi connectivity index (χ0n) is 11.3. The highest BCUT2D eigenvalue weighted by atomic mass is 35.5. The molecule has 0 aliphatic carbocycles. The van der Waals surface area contributed by atoms with Gasteiger partial charge in [-0.15, -0.1) is 13.2 Å². The normalized spacial score (nSPS) is 11.2. The van der Waals surface area contributed by atoms with Crippen molar-refractivity contribution >= 4 is 40.6 Å². The van der Waals surface area contributed by atoms with Crippen molar-refractivity contribution in [3.05, 3.63) is 58.6 Å². The van der Waals surface area contributed by atoms with E-state index in [1.165, 1.54) is 48.5 Å². The van der Waals surface area contributed by atoms with Crippen LogP contribution in [0.3, 0.4) is 0 Å². The smallest absolute Gasteiger partial charge is 0.306 e. The van der Waals surface area contributed by atoms with Crippen molar-refractivity contribution in [2.24, 2.45) is 0 Å². The van der Waals surface area contributed by atoms with Crippen LogP contribution >= 0.6 is 23.2 Å². The van der Waals surface area contributed by atoms with Crippen LogP contribution in [0.15, 0.2) is 48.5 Å². The molecule has 0 heterocycles. The molecular weight excluding hydrogens is 356 g/mol. The van der Waals surface area contributed by atoms with Crippen LogP contribution < -0.4 is 10.4 Å². The lowest BCUT2D eigenvalue weighted by atomic mass is 10.3. The van der Waals surface area contributed by atoms with E-state index in [-0.39, 0.29) is 16.4 Å². The second-order valence-corrected chi connectivity index (χ2v) is 5.12. The Morgan fingerprint density at radius 2 is 1.43 bits per heavy atom. The highest BCUT2D eigenvalue weighted by Crippen LogP contribution is 2.26. The van der Waals surface area contributed by atoms with Crippen LogP contribution in [0.1, 0.15) is 0 Å². The van der Waals surface area contributed by atoms with E-state index in [0.29, 0.717) is 10.0 Å². The van der Waals surface area contributed by atoms with Gasteiger partial charge < -0.3 is 5.32 Å². The van der Waals surface area contributed by atoms with E-state index in [1.54, 1.807) is 0 Å². The summed E-state index contributed by atoms with van der Waals surface area (Å²) in [6, 6.07) is 9.81. The van der Waals surface area contributed by atoms with Gasteiger partial charge in [0, 0.05) is 15.7 Å². The number of nitrogens with zero attached hydrogens (tertiary/aromatic N) is 1. The van der Waals surface area contributed by atoms with Gasteiger partial charge in [0.15, 0.2) is 0 Å². The van der Waals surface area contributed by atoms with Gasteiger partial charge in [0.1, 0.15) is 0 Å². The third-order valence-corrected chi connectivity index (χ3v) is 3.04. The number of amides is 2. The summed E-state index contributed by atoms with van der Waals surface area (Å²) in [6.45, 7) is 0. The molecule has 0 atom stereocenters. The van der Waals surface area contributed by atoms with Crippen LogP contribution in [-0.4, -0.2) is 12.4 Å². The number of urea groups is 1. The Morgan fingerprint density at radius 3 is 1.91 bits per heavy atom. The highest BCUT2D eigenvalue weighted by molar-refractivity contribution is 6.31. The number of rotatable bonds is 3. The Morgan fingerprint density at radius 1 is 0.957 bits per heavy atom. The maximum Gasteiger partial charge on any atom is 0.544 e. The summed E-state index contributed by atoms with van der Waals surface area (Å²) in [5.74, 6) is 0. The molecule has 23 heavy (non-hydrogen) atoms. The van der Waals surface area contributed by atoms with E-state index >= 15 is 0 Å². The molecule has 0 saturated heterocycles. The van der Waals surface area contributed by atoms with Crippen LogP contribution in [0.25, 0.3) is 0 Å². The molecule has 2 aromatic rings. The molecule has 2 rings (SSSR count). The predicted octanol–water partition coefficient (Wildman–Crippen LogP) is 5.48. The largest absolute Gasteiger partial charge is 0.544 e. The van der Waals surface area contributed by atoms with E-state index in [9.17, 15) is 18.0 Å². The lowest BCUT2D eigenvalue weighted by Gasteiger charge is -2.23. The van der Waals surface area contributed by atoms with Crippen molar-refractivity contribution < 1.29 is 22.8 Å². The van der Waals surface area contributed by atoms with Crippen molar-refractivity contribution in [2.45, 2.75) is 6.36 Å². The molecule has 0 saturated carbocycles. The molecule has 0 aliphatic heterocycles. The Kier molecular flexibility index (Phi) is 5.35. The molecule has 1 N–H and O–H groups in total. The third-order valence-electron chi connectivity index (χ3n) is 2.54. The van der Waals surface area contributed by atoms with Gasteiger partial charge in [0.05, 0.1) is 5.69 Å². The summed E-state index contributed by atoms with van der Waals surface area (Å²) in [4.78, 5) is 15.9. The molecular formula is C14H9Cl2F3N2O2. The molecule has 0 bridgehead atoms. The summed E-state index contributed by atoms with van der Waals surface area (Å²) in [6.07, 6.45) is -5.04. The fraction of sp³-hybridized carbons (Fsp3) is 0.0714. The maximum absolute atomic E-state index is 12.5. The Labute approximate surface area is 139 Å². The molecule has 9 heteroatoms. The standard InChI is InChI=1S/C14H9Cl2F3N2O2/c15-9-1-5-11(6-2-9)20-13(22)21(23-14(17,18)19)12-7-3-10(16)4-8-12/h1-8H,(H,20,22). The van der Waals surface area contributed by atoms with Gasteiger partial charge in [-0.25, -0.2) is 4.79 Å². The number of halogens is 5. The number of alkyl halides is 3. The lowest BCUT2D eigenvalue weighted by molar-refractivity contribution is -0.324. The van der Waals surface area contributed by atoms with E-state index in [2.05, 4.69) is 10.2 Å². The van der Waals surface area contributed by atoms with Crippen molar-refractivity contribution in [2.75, 3.05) is 10.4 Å². The van der Waals surface area contributed by atoms with Crippen LogP contribution in [0.4, 0.5) is 29.3 Å². The van der Waals surface area contributed by atoms with E-state index in [0.717, 1.165) is 0 Å². The minimum absolute atomic E-state index is 0.0882. The molecule has 2 aromatic carbocycles. The van der Waals surface area contributed by atoms with E-state index in [1.807, 2.05) is 0 Å². The van der Waals surface area contributed by atoms with Crippen LogP contribution in [-0.2, 0) is 4.84 Å². The second-order valence-electron chi connectivity index (χ2n) is 4.24. The van der Waals surface area contributed by atoms with Crippen LogP contribution in [0.2, 0.25) is 10.0 Å². The van der Waals surface area contributed by atoms with Crippen LogP contribution in [0.5, 0.6) is 0 Å². The molecule has 4 nitrogen and oxygen atoms in total. The van der Waals surface area contributed by atoms with Gasteiger partial charge in [0.25, 0.3) is 0 Å². The van der Waals surface area contributed by atoms with E-state index < -0.39 is 12.4 Å². The first-order valence-electron chi connectivity index (χ1n) is 6.13. The van der Waals surface area contributed by atoms with Gasteiger partial charge in [-0.2, -0.15) is 9.90 Å². The minimum Gasteiger partial charge on any atom is -0.306 e. The molecule has 0 radical (unpaired) electrons. The highest BCUT2D eigenvalue weighted by Gasteiger charge is 2.36. The second kappa shape index (κ2) is 7.08. The fourth-order valence-corrected chi connectivity index (χ4v) is 1.85. The van der Waals surface area contributed by atoms with Gasteiger partial charge in [-0.1, -0.05) is 23.2 Å². The zero-order chi connectivity index (χ0) is 17.0. The number of hydrogen-bond donors (Lipinski definition) is 1. The molecule has 0 unspecified atom stereocenters. The quantitative estimate of drug-likeness (QED) is 0.732. The average molecular weight is 365 g/mol. The molecule has 0 aromatic heterocycles. The van der Waals surface area contributed by atoms with Crippen molar-refractivity contribution in [3.63, 3.8) is 0 Å². The van der Waals surface area contributed by atoms with Crippen molar-refractivity contribution in [1.29, 1.82) is 0 Å². The summed E-state index contributed by atoms with van der Waals surface area (Å²) < 4.78 is 37.6. The minimum atomic E-state index is -5.04. The third kappa shape index (κ3) is 5.31. The summed E-state index contributed by atoms with van der Waals surface area (Å²) in [5.41, 5.74) is 0.113. The maximum atomic E-state index is 12.5. The van der Waals surface area contributed by atoms with Gasteiger partial charge in [-0.3, -0.25) is 0 Å². The predicted molar refractivity (Wildman–Crippen MR) is 81.5 cm³/mol. The number of hydrogen-bond acceptors (Lipinski definition) is 2. The number of carbonyl (C=O) groups excluding carboxylic acids is 1.